The van der Waals surface area contributed by atoms with Crippen molar-refractivity contribution in [2.45, 2.75) is 37.9 Å². The topological polar surface area (TPSA) is 90.2 Å². The Bertz CT molecular complexity index is 183. The van der Waals surface area contributed by atoms with Crippen LogP contribution in [0.15, 0.2) is 0 Å². The standard InChI is InChI=1S/C8H16O5/c1-4(2)8(12)7(11)6(10)5(9)3-13-8/h4-7,9-12H,3H2,1-2H3/t5-,6-,7+,8-/m0/s1. The molecule has 0 aromatic rings. The minimum Gasteiger partial charge on any atom is -0.388 e. The van der Waals surface area contributed by atoms with E-state index in [0.717, 1.165) is 0 Å². The summed E-state index contributed by atoms with van der Waals surface area (Å²) in [4.78, 5) is 0. The summed E-state index contributed by atoms with van der Waals surface area (Å²) in [6.45, 7) is 3.15. The number of aliphatic hydroxyl groups is 4. The Hall–Kier alpha value is -0.200. The van der Waals surface area contributed by atoms with E-state index >= 15 is 0 Å². The lowest BCUT2D eigenvalue weighted by Gasteiger charge is -2.43. The van der Waals surface area contributed by atoms with E-state index in [-0.39, 0.29) is 12.5 Å². The van der Waals surface area contributed by atoms with Crippen LogP contribution in [0.3, 0.4) is 0 Å². The SMILES string of the molecule is CC(C)[C@]1(O)OC[C@H](O)[C@H](O)[C@H]1O. The van der Waals surface area contributed by atoms with Gasteiger partial charge in [-0.1, -0.05) is 13.8 Å². The highest BCUT2D eigenvalue weighted by molar-refractivity contribution is 4.92. The van der Waals surface area contributed by atoms with Crippen molar-refractivity contribution in [3.05, 3.63) is 0 Å². The van der Waals surface area contributed by atoms with E-state index in [4.69, 9.17) is 9.84 Å². The molecule has 0 bridgehead atoms. The van der Waals surface area contributed by atoms with E-state index < -0.39 is 24.1 Å². The fraction of sp³-hybridized carbons (Fsp3) is 1.00. The molecule has 1 rings (SSSR count). The van der Waals surface area contributed by atoms with E-state index in [1.807, 2.05) is 0 Å². The van der Waals surface area contributed by atoms with Gasteiger partial charge in [0.1, 0.15) is 18.3 Å². The molecule has 4 N–H and O–H groups in total. The van der Waals surface area contributed by atoms with Crippen LogP contribution < -0.4 is 0 Å². The molecule has 0 spiro atoms. The Morgan fingerprint density at radius 3 is 2.31 bits per heavy atom. The predicted molar refractivity (Wildman–Crippen MR) is 43.8 cm³/mol. The van der Waals surface area contributed by atoms with Crippen molar-refractivity contribution in [2.75, 3.05) is 6.61 Å². The summed E-state index contributed by atoms with van der Waals surface area (Å²) < 4.78 is 4.92. The van der Waals surface area contributed by atoms with Gasteiger partial charge in [0.15, 0.2) is 5.79 Å². The molecule has 5 nitrogen and oxygen atoms in total. The van der Waals surface area contributed by atoms with Gasteiger partial charge in [0.2, 0.25) is 0 Å². The quantitative estimate of drug-likeness (QED) is 0.403. The van der Waals surface area contributed by atoms with Crippen LogP contribution in [0.4, 0.5) is 0 Å². The number of ether oxygens (including phenoxy) is 1. The summed E-state index contributed by atoms with van der Waals surface area (Å²) in [7, 11) is 0. The first-order valence-electron chi connectivity index (χ1n) is 4.30. The van der Waals surface area contributed by atoms with Gasteiger partial charge in [-0.05, 0) is 0 Å². The highest BCUT2D eigenvalue weighted by atomic mass is 16.6. The second-order valence-corrected chi connectivity index (χ2v) is 3.72. The zero-order valence-electron chi connectivity index (χ0n) is 7.71. The lowest BCUT2D eigenvalue weighted by molar-refractivity contribution is -0.338. The maximum Gasteiger partial charge on any atom is 0.197 e. The fourth-order valence-corrected chi connectivity index (χ4v) is 1.37. The van der Waals surface area contributed by atoms with Crippen LogP contribution in [-0.4, -0.2) is 51.1 Å². The van der Waals surface area contributed by atoms with Crippen molar-refractivity contribution in [3.8, 4) is 0 Å². The number of rotatable bonds is 1. The van der Waals surface area contributed by atoms with Crippen molar-refractivity contribution < 1.29 is 25.2 Å². The summed E-state index contributed by atoms with van der Waals surface area (Å²) in [5, 5.41) is 37.6. The number of hydrogen-bond donors (Lipinski definition) is 4. The summed E-state index contributed by atoms with van der Waals surface area (Å²) in [5.41, 5.74) is 0. The molecule has 0 amide bonds. The van der Waals surface area contributed by atoms with Crippen LogP contribution in [0.2, 0.25) is 0 Å². The minimum absolute atomic E-state index is 0.174. The van der Waals surface area contributed by atoms with Gasteiger partial charge in [0.05, 0.1) is 6.61 Å². The van der Waals surface area contributed by atoms with Crippen LogP contribution in [0, 0.1) is 5.92 Å². The molecule has 0 radical (unpaired) electrons. The van der Waals surface area contributed by atoms with Crippen LogP contribution in [0.25, 0.3) is 0 Å². The second kappa shape index (κ2) is 3.51. The minimum atomic E-state index is -1.77. The zero-order chi connectivity index (χ0) is 10.2. The van der Waals surface area contributed by atoms with E-state index in [1.54, 1.807) is 13.8 Å². The molecule has 0 aliphatic carbocycles. The summed E-state index contributed by atoms with van der Waals surface area (Å²) in [6.07, 6.45) is -3.98. The van der Waals surface area contributed by atoms with Gasteiger partial charge in [0.25, 0.3) is 0 Å². The Kier molecular flexibility index (Phi) is 2.94. The van der Waals surface area contributed by atoms with Crippen LogP contribution >= 0.6 is 0 Å². The first kappa shape index (κ1) is 10.9. The zero-order valence-corrected chi connectivity index (χ0v) is 7.71. The molecular formula is C8H16O5. The van der Waals surface area contributed by atoms with Crippen LogP contribution in [0.1, 0.15) is 13.8 Å². The van der Waals surface area contributed by atoms with Crippen LogP contribution in [0.5, 0.6) is 0 Å². The van der Waals surface area contributed by atoms with Gasteiger partial charge >= 0.3 is 0 Å². The molecule has 5 heteroatoms. The molecule has 13 heavy (non-hydrogen) atoms. The first-order chi connectivity index (χ1) is 5.89. The van der Waals surface area contributed by atoms with E-state index in [0.29, 0.717) is 0 Å². The highest BCUT2D eigenvalue weighted by Gasteiger charge is 2.50. The van der Waals surface area contributed by atoms with Crippen molar-refractivity contribution in [2.24, 2.45) is 5.92 Å². The maximum atomic E-state index is 9.76. The monoisotopic (exact) mass is 192 g/mol. The van der Waals surface area contributed by atoms with Gasteiger partial charge < -0.3 is 25.2 Å². The van der Waals surface area contributed by atoms with E-state index in [9.17, 15) is 15.3 Å². The van der Waals surface area contributed by atoms with Gasteiger partial charge in [-0.2, -0.15) is 0 Å². The van der Waals surface area contributed by atoms with E-state index in [2.05, 4.69) is 0 Å². The number of aliphatic hydroxyl groups excluding tert-OH is 3. The van der Waals surface area contributed by atoms with Gasteiger partial charge in [-0.15, -0.1) is 0 Å². The molecule has 1 aliphatic rings. The van der Waals surface area contributed by atoms with Crippen LogP contribution in [-0.2, 0) is 4.74 Å². The largest absolute Gasteiger partial charge is 0.388 e. The van der Waals surface area contributed by atoms with Gasteiger partial charge in [0, 0.05) is 5.92 Å². The number of hydrogen-bond acceptors (Lipinski definition) is 5. The molecule has 0 unspecified atom stereocenters. The smallest absolute Gasteiger partial charge is 0.197 e. The predicted octanol–water partition coefficient (Wildman–Crippen LogP) is -1.56. The molecule has 1 heterocycles. The second-order valence-electron chi connectivity index (χ2n) is 3.72. The molecule has 1 fully saturated rings. The molecular weight excluding hydrogens is 176 g/mol. The summed E-state index contributed by atoms with van der Waals surface area (Å²) >= 11 is 0. The molecule has 0 saturated carbocycles. The van der Waals surface area contributed by atoms with Crippen molar-refractivity contribution in [3.63, 3.8) is 0 Å². The molecule has 0 aromatic carbocycles. The van der Waals surface area contributed by atoms with Crippen molar-refractivity contribution in [1.29, 1.82) is 0 Å². The normalized spacial score (nSPS) is 46.8. The average molecular weight is 192 g/mol. The summed E-state index contributed by atoms with van der Waals surface area (Å²) in [5.74, 6) is -2.12. The molecule has 1 aliphatic heterocycles. The lowest BCUT2D eigenvalue weighted by atomic mass is 9.89. The molecule has 4 atom stereocenters. The molecule has 1 saturated heterocycles. The first-order valence-corrected chi connectivity index (χ1v) is 4.30. The van der Waals surface area contributed by atoms with Crippen molar-refractivity contribution in [1.82, 2.24) is 0 Å². The Balaban J connectivity index is 2.79. The Morgan fingerprint density at radius 1 is 1.31 bits per heavy atom. The lowest BCUT2D eigenvalue weighted by Crippen LogP contribution is -2.63. The third-order valence-corrected chi connectivity index (χ3v) is 2.45. The fourth-order valence-electron chi connectivity index (χ4n) is 1.37. The average Bonchev–Trinajstić information content (AvgIpc) is 2.08. The van der Waals surface area contributed by atoms with E-state index in [1.165, 1.54) is 0 Å². The highest BCUT2D eigenvalue weighted by Crippen LogP contribution is 2.30. The maximum absolute atomic E-state index is 9.76. The Labute approximate surface area is 76.6 Å². The molecule has 0 aromatic heterocycles. The third kappa shape index (κ3) is 1.70. The third-order valence-electron chi connectivity index (χ3n) is 2.45. The summed E-state index contributed by atoms with van der Waals surface area (Å²) in [6, 6.07) is 0. The van der Waals surface area contributed by atoms with Crippen molar-refractivity contribution >= 4 is 0 Å². The van der Waals surface area contributed by atoms with Gasteiger partial charge in [-0.25, -0.2) is 0 Å². The van der Waals surface area contributed by atoms with Gasteiger partial charge in [-0.3, -0.25) is 0 Å². The Morgan fingerprint density at radius 2 is 1.85 bits per heavy atom. The molecule has 78 valence electrons.